The Labute approximate surface area is 94.1 Å². The Morgan fingerprint density at radius 1 is 0.812 bits per heavy atom. The van der Waals surface area contributed by atoms with E-state index in [1.54, 1.807) is 0 Å². The van der Waals surface area contributed by atoms with Gasteiger partial charge in [0, 0.05) is 11.8 Å². The summed E-state index contributed by atoms with van der Waals surface area (Å²) >= 11 is 0. The summed E-state index contributed by atoms with van der Waals surface area (Å²) in [6.07, 6.45) is 6.96. The van der Waals surface area contributed by atoms with Crippen LogP contribution in [0.1, 0.15) is 12.8 Å². The number of Topliss-reactive ketones (excluding diaryl/α,β-unsaturated/α-hetero) is 2. The molecule has 6 rings (SSSR count). The lowest BCUT2D eigenvalue weighted by Crippen LogP contribution is -2.34. The van der Waals surface area contributed by atoms with Gasteiger partial charge in [-0.2, -0.15) is 0 Å². The van der Waals surface area contributed by atoms with Crippen molar-refractivity contribution in [2.24, 2.45) is 47.3 Å². The first-order valence-corrected chi connectivity index (χ1v) is 6.55. The Morgan fingerprint density at radius 3 is 1.81 bits per heavy atom. The first-order chi connectivity index (χ1) is 7.79. The predicted molar refractivity (Wildman–Crippen MR) is 56.3 cm³/mol. The van der Waals surface area contributed by atoms with E-state index >= 15 is 0 Å². The van der Waals surface area contributed by atoms with Crippen LogP contribution in [0.4, 0.5) is 0 Å². The number of ketones is 2. The minimum Gasteiger partial charge on any atom is -0.291 e. The third-order valence-corrected chi connectivity index (χ3v) is 6.31. The molecule has 0 heterocycles. The Balaban J connectivity index is 1.86. The van der Waals surface area contributed by atoms with E-state index < -0.39 is 0 Å². The van der Waals surface area contributed by atoms with Crippen LogP contribution >= 0.6 is 0 Å². The summed E-state index contributed by atoms with van der Waals surface area (Å²) in [5.41, 5.74) is 0. The predicted octanol–water partition coefficient (Wildman–Crippen LogP) is 1.46. The van der Waals surface area contributed by atoms with Gasteiger partial charge in [-0.05, 0) is 48.3 Å². The van der Waals surface area contributed by atoms with Crippen LogP contribution in [0.15, 0.2) is 12.2 Å². The van der Waals surface area contributed by atoms with E-state index in [-0.39, 0.29) is 23.4 Å². The van der Waals surface area contributed by atoms with E-state index in [9.17, 15) is 9.59 Å². The molecular formula is C14H14O2. The van der Waals surface area contributed by atoms with Gasteiger partial charge in [0.2, 0.25) is 11.6 Å². The van der Waals surface area contributed by atoms with Gasteiger partial charge in [-0.15, -0.1) is 0 Å². The molecule has 0 aliphatic heterocycles. The molecule has 2 nitrogen and oxygen atoms in total. The highest BCUT2D eigenvalue weighted by Gasteiger charge is 2.71. The number of allylic oxidation sites excluding steroid dienone is 2. The van der Waals surface area contributed by atoms with Gasteiger partial charge in [0.05, 0.1) is 0 Å². The largest absolute Gasteiger partial charge is 0.291 e. The Bertz CT molecular complexity index is 423. The number of hydrogen-bond acceptors (Lipinski definition) is 2. The van der Waals surface area contributed by atoms with Gasteiger partial charge in [-0.25, -0.2) is 0 Å². The number of carbonyl (C=O) groups excluding carboxylic acids is 2. The van der Waals surface area contributed by atoms with Gasteiger partial charge in [0.25, 0.3) is 0 Å². The van der Waals surface area contributed by atoms with Gasteiger partial charge in [0.15, 0.2) is 0 Å². The maximum absolute atomic E-state index is 12.2. The molecule has 6 aliphatic rings. The van der Waals surface area contributed by atoms with Crippen LogP contribution in [0.5, 0.6) is 0 Å². The lowest BCUT2D eigenvalue weighted by atomic mass is 9.79. The van der Waals surface area contributed by atoms with E-state index in [0.29, 0.717) is 29.6 Å². The summed E-state index contributed by atoms with van der Waals surface area (Å²) in [7, 11) is 0. The third kappa shape index (κ3) is 0.586. The molecule has 82 valence electrons. The lowest BCUT2D eigenvalue weighted by Gasteiger charge is -2.22. The molecule has 6 atom stereocenters. The highest BCUT2D eigenvalue weighted by atomic mass is 16.2. The van der Waals surface area contributed by atoms with Crippen LogP contribution in [-0.2, 0) is 9.59 Å². The topological polar surface area (TPSA) is 34.1 Å². The van der Waals surface area contributed by atoms with Crippen LogP contribution in [-0.4, -0.2) is 11.6 Å². The van der Waals surface area contributed by atoms with Gasteiger partial charge < -0.3 is 0 Å². The van der Waals surface area contributed by atoms with Crippen molar-refractivity contribution in [3.8, 4) is 0 Å². The molecule has 0 radical (unpaired) electrons. The molecule has 0 unspecified atom stereocenters. The zero-order valence-electron chi connectivity index (χ0n) is 9.00. The third-order valence-electron chi connectivity index (χ3n) is 6.31. The average Bonchev–Trinajstić information content (AvgIpc) is 2.91. The Kier molecular flexibility index (Phi) is 1.13. The molecule has 2 heteroatoms. The molecule has 0 spiro atoms. The summed E-state index contributed by atoms with van der Waals surface area (Å²) in [6.45, 7) is 0. The van der Waals surface area contributed by atoms with Crippen LogP contribution < -0.4 is 0 Å². The summed E-state index contributed by atoms with van der Waals surface area (Å²) < 4.78 is 0. The maximum Gasteiger partial charge on any atom is 0.202 e. The summed E-state index contributed by atoms with van der Waals surface area (Å²) in [6, 6.07) is 0. The van der Waals surface area contributed by atoms with E-state index in [2.05, 4.69) is 12.2 Å². The Hall–Kier alpha value is -0.920. The second kappa shape index (κ2) is 2.20. The van der Waals surface area contributed by atoms with Crippen molar-refractivity contribution in [1.29, 1.82) is 0 Å². The molecule has 5 saturated carbocycles. The van der Waals surface area contributed by atoms with Crippen molar-refractivity contribution in [2.75, 3.05) is 0 Å². The SMILES string of the molecule is O=C1C(=O)[C@@H]2[C@@H]3CC[C@@H]4C3C3[C@H](C=C[C@@H]32)[C@H]14. The number of rotatable bonds is 0. The second-order valence-corrected chi connectivity index (χ2v) is 6.38. The molecule has 0 aromatic carbocycles. The van der Waals surface area contributed by atoms with E-state index in [4.69, 9.17) is 0 Å². The molecular weight excluding hydrogens is 200 g/mol. The molecule has 6 aliphatic carbocycles. The monoisotopic (exact) mass is 214 g/mol. The quantitative estimate of drug-likeness (QED) is 0.452. The van der Waals surface area contributed by atoms with Crippen molar-refractivity contribution < 1.29 is 9.59 Å². The van der Waals surface area contributed by atoms with Crippen LogP contribution in [0, 0.1) is 47.3 Å². The van der Waals surface area contributed by atoms with E-state index in [0.717, 1.165) is 5.92 Å². The van der Waals surface area contributed by atoms with Crippen molar-refractivity contribution >= 4 is 11.6 Å². The fourth-order valence-corrected chi connectivity index (χ4v) is 6.14. The number of carbonyl (C=O) groups is 2. The first kappa shape index (κ1) is 8.21. The van der Waals surface area contributed by atoms with Crippen molar-refractivity contribution in [3.05, 3.63) is 12.2 Å². The molecule has 16 heavy (non-hydrogen) atoms. The first-order valence-electron chi connectivity index (χ1n) is 6.55. The molecule has 5 fully saturated rings. The standard InChI is InChI=1S/C14H14O2/c15-13-11-5-1-2-6-9(5)10-7(11)3-4-8(10)12(6)14(13)16/h1-2,5-12H,3-4H2/t5-,6-,7+,8+,9?,10?,11-,12-/m0/s1. The fourth-order valence-electron chi connectivity index (χ4n) is 6.14. The number of fused-ring (bicyclic) bond motifs is 1. The molecule has 0 aromatic heterocycles. The molecule has 8 bridgehead atoms. The Morgan fingerprint density at radius 2 is 1.31 bits per heavy atom. The normalized spacial score (nSPS) is 63.8. The zero-order chi connectivity index (χ0) is 10.6. The lowest BCUT2D eigenvalue weighted by molar-refractivity contribution is -0.142. The summed E-state index contributed by atoms with van der Waals surface area (Å²) in [4.78, 5) is 24.5. The molecule has 0 amide bonds. The molecule has 0 N–H and O–H groups in total. The van der Waals surface area contributed by atoms with Crippen molar-refractivity contribution in [3.63, 3.8) is 0 Å². The molecule has 0 aromatic rings. The van der Waals surface area contributed by atoms with E-state index in [1.165, 1.54) is 12.8 Å². The smallest absolute Gasteiger partial charge is 0.202 e. The van der Waals surface area contributed by atoms with E-state index in [1.807, 2.05) is 0 Å². The zero-order valence-corrected chi connectivity index (χ0v) is 9.00. The minimum atomic E-state index is 0.00144. The highest BCUT2D eigenvalue weighted by molar-refractivity contribution is 6.39. The average molecular weight is 214 g/mol. The molecule has 0 saturated heterocycles. The van der Waals surface area contributed by atoms with Gasteiger partial charge in [0.1, 0.15) is 0 Å². The summed E-state index contributed by atoms with van der Waals surface area (Å²) in [5.74, 6) is 3.56. The van der Waals surface area contributed by atoms with Gasteiger partial charge in [-0.1, -0.05) is 12.2 Å². The highest BCUT2D eigenvalue weighted by Crippen LogP contribution is 2.71. The van der Waals surface area contributed by atoms with Gasteiger partial charge in [-0.3, -0.25) is 9.59 Å². The van der Waals surface area contributed by atoms with Crippen LogP contribution in [0.3, 0.4) is 0 Å². The number of hydrogen-bond donors (Lipinski definition) is 0. The maximum atomic E-state index is 12.2. The second-order valence-electron chi connectivity index (χ2n) is 6.38. The minimum absolute atomic E-state index is 0.00144. The van der Waals surface area contributed by atoms with Crippen LogP contribution in [0.2, 0.25) is 0 Å². The van der Waals surface area contributed by atoms with Gasteiger partial charge >= 0.3 is 0 Å². The van der Waals surface area contributed by atoms with Crippen molar-refractivity contribution in [2.45, 2.75) is 12.8 Å². The summed E-state index contributed by atoms with van der Waals surface area (Å²) in [5, 5.41) is 0. The van der Waals surface area contributed by atoms with Crippen LogP contribution in [0.25, 0.3) is 0 Å². The fraction of sp³-hybridized carbons (Fsp3) is 0.714. The van der Waals surface area contributed by atoms with Crippen molar-refractivity contribution in [1.82, 2.24) is 0 Å².